The molecule has 0 aliphatic rings. The van der Waals surface area contributed by atoms with E-state index in [-0.39, 0.29) is 16.9 Å². The maximum Gasteiger partial charge on any atom is 0.146 e. The molecule has 0 aliphatic carbocycles. The fourth-order valence-corrected chi connectivity index (χ4v) is 1.72. The molecule has 0 heterocycles. The van der Waals surface area contributed by atoms with E-state index in [1.54, 1.807) is 25.3 Å². The quantitative estimate of drug-likeness (QED) is 0.831. The van der Waals surface area contributed by atoms with Gasteiger partial charge in [-0.2, -0.15) is 0 Å². The number of rotatable bonds is 6. The average molecular weight is 246 g/mol. The van der Waals surface area contributed by atoms with Crippen molar-refractivity contribution < 1.29 is 9.13 Å². The molecule has 0 spiro atoms. The first-order valence-corrected chi connectivity index (χ1v) is 5.74. The predicted octanol–water partition coefficient (Wildman–Crippen LogP) is 3.17. The van der Waals surface area contributed by atoms with Gasteiger partial charge in [-0.1, -0.05) is 30.7 Å². The van der Waals surface area contributed by atoms with Gasteiger partial charge in [0, 0.05) is 12.7 Å². The highest BCUT2D eigenvalue weighted by Crippen LogP contribution is 2.23. The minimum atomic E-state index is -0.366. The molecule has 1 aromatic rings. The summed E-state index contributed by atoms with van der Waals surface area (Å²) in [5, 5.41) is 3.38. The summed E-state index contributed by atoms with van der Waals surface area (Å²) in [6.45, 7) is 3.31. The van der Waals surface area contributed by atoms with Crippen LogP contribution in [0.4, 0.5) is 4.39 Å². The van der Waals surface area contributed by atoms with Gasteiger partial charge in [0.05, 0.1) is 17.7 Å². The summed E-state index contributed by atoms with van der Waals surface area (Å²) in [6, 6.07) is 4.87. The van der Waals surface area contributed by atoms with Gasteiger partial charge >= 0.3 is 0 Å². The number of halogens is 2. The molecule has 90 valence electrons. The van der Waals surface area contributed by atoms with Crippen molar-refractivity contribution in [1.29, 1.82) is 0 Å². The van der Waals surface area contributed by atoms with Gasteiger partial charge in [-0.05, 0) is 19.0 Å². The van der Waals surface area contributed by atoms with Crippen LogP contribution in [0.15, 0.2) is 18.2 Å². The van der Waals surface area contributed by atoms with E-state index in [0.717, 1.165) is 13.0 Å². The lowest BCUT2D eigenvalue weighted by Gasteiger charge is -2.19. The Balaban J connectivity index is 2.86. The van der Waals surface area contributed by atoms with Crippen molar-refractivity contribution in [3.8, 4) is 0 Å². The fraction of sp³-hybridized carbons (Fsp3) is 0.500. The van der Waals surface area contributed by atoms with Crippen molar-refractivity contribution in [3.05, 3.63) is 34.6 Å². The van der Waals surface area contributed by atoms with Crippen molar-refractivity contribution in [1.82, 2.24) is 5.32 Å². The van der Waals surface area contributed by atoms with E-state index < -0.39 is 0 Å². The molecule has 1 N–H and O–H groups in total. The Hall–Kier alpha value is -0.640. The van der Waals surface area contributed by atoms with E-state index in [9.17, 15) is 4.39 Å². The van der Waals surface area contributed by atoms with Gasteiger partial charge in [0.25, 0.3) is 0 Å². The zero-order valence-electron chi connectivity index (χ0n) is 9.59. The summed E-state index contributed by atoms with van der Waals surface area (Å²) in [4.78, 5) is 0. The van der Waals surface area contributed by atoms with Crippen LogP contribution in [0.5, 0.6) is 0 Å². The minimum absolute atomic E-state index is 0.149. The molecular weight excluding hydrogens is 229 g/mol. The molecule has 16 heavy (non-hydrogen) atoms. The third-order valence-corrected chi connectivity index (χ3v) is 2.62. The molecule has 0 radical (unpaired) electrons. The Bertz CT molecular complexity index is 333. The van der Waals surface area contributed by atoms with Crippen molar-refractivity contribution >= 4 is 11.6 Å². The molecule has 0 saturated carbocycles. The third kappa shape index (κ3) is 3.44. The molecule has 4 heteroatoms. The van der Waals surface area contributed by atoms with Crippen LogP contribution in [0, 0.1) is 5.82 Å². The number of methoxy groups -OCH3 is 1. The van der Waals surface area contributed by atoms with Gasteiger partial charge in [0.1, 0.15) is 5.82 Å². The highest BCUT2D eigenvalue weighted by atomic mass is 35.5. The van der Waals surface area contributed by atoms with Gasteiger partial charge < -0.3 is 10.1 Å². The van der Waals surface area contributed by atoms with Gasteiger partial charge in [-0.3, -0.25) is 0 Å². The van der Waals surface area contributed by atoms with Crippen molar-refractivity contribution in [3.63, 3.8) is 0 Å². The van der Waals surface area contributed by atoms with Crippen molar-refractivity contribution in [2.75, 3.05) is 20.3 Å². The second kappa shape index (κ2) is 6.84. The molecule has 0 bridgehead atoms. The number of hydrogen-bond donors (Lipinski definition) is 1. The summed E-state index contributed by atoms with van der Waals surface area (Å²) in [5.74, 6) is -0.366. The summed E-state index contributed by atoms with van der Waals surface area (Å²) < 4.78 is 18.9. The van der Waals surface area contributed by atoms with Gasteiger partial charge in [-0.15, -0.1) is 0 Å². The summed E-state index contributed by atoms with van der Waals surface area (Å²) in [7, 11) is 1.60. The summed E-state index contributed by atoms with van der Waals surface area (Å²) in [6.07, 6.45) is 0.988. The molecule has 1 rings (SSSR count). The van der Waals surface area contributed by atoms with Crippen LogP contribution in [0.3, 0.4) is 0 Å². The topological polar surface area (TPSA) is 21.3 Å². The van der Waals surface area contributed by atoms with E-state index in [2.05, 4.69) is 12.2 Å². The minimum Gasteiger partial charge on any atom is -0.383 e. The second-order valence-corrected chi connectivity index (χ2v) is 4.01. The van der Waals surface area contributed by atoms with Crippen molar-refractivity contribution in [2.24, 2.45) is 0 Å². The molecule has 1 atom stereocenters. The van der Waals surface area contributed by atoms with Crippen LogP contribution in [0.1, 0.15) is 24.9 Å². The number of hydrogen-bond acceptors (Lipinski definition) is 2. The largest absolute Gasteiger partial charge is 0.383 e. The fourth-order valence-electron chi connectivity index (χ4n) is 1.53. The number of benzene rings is 1. The Morgan fingerprint density at radius 3 is 2.88 bits per heavy atom. The monoisotopic (exact) mass is 245 g/mol. The lowest BCUT2D eigenvalue weighted by atomic mass is 10.1. The van der Waals surface area contributed by atoms with Crippen LogP contribution in [-0.4, -0.2) is 20.3 Å². The molecule has 2 nitrogen and oxygen atoms in total. The zero-order chi connectivity index (χ0) is 12.0. The number of nitrogens with one attached hydrogen (secondary N) is 1. The molecular formula is C12H17ClFNO. The highest BCUT2D eigenvalue weighted by Gasteiger charge is 2.16. The molecule has 0 aliphatic heterocycles. The molecule has 1 aromatic carbocycles. The Kier molecular flexibility index (Phi) is 5.74. The van der Waals surface area contributed by atoms with E-state index in [0.29, 0.717) is 12.2 Å². The standard InChI is InChI=1S/C12H17ClFNO/c1-3-7-15-11(8-16-2)9-5-4-6-10(13)12(9)14/h4-6,11,15H,3,7-8H2,1-2H3. The first-order chi connectivity index (χ1) is 7.70. The zero-order valence-corrected chi connectivity index (χ0v) is 10.4. The van der Waals surface area contributed by atoms with Crippen LogP contribution >= 0.6 is 11.6 Å². The van der Waals surface area contributed by atoms with E-state index in [1.807, 2.05) is 0 Å². The lowest BCUT2D eigenvalue weighted by Crippen LogP contribution is -2.26. The first-order valence-electron chi connectivity index (χ1n) is 5.37. The maximum atomic E-state index is 13.8. The van der Waals surface area contributed by atoms with E-state index in [1.165, 1.54) is 0 Å². The predicted molar refractivity (Wildman–Crippen MR) is 64.3 cm³/mol. The van der Waals surface area contributed by atoms with E-state index >= 15 is 0 Å². The second-order valence-electron chi connectivity index (χ2n) is 3.61. The molecule has 0 aromatic heterocycles. The van der Waals surface area contributed by atoms with E-state index in [4.69, 9.17) is 16.3 Å². The Morgan fingerprint density at radius 1 is 1.50 bits per heavy atom. The molecule has 0 fully saturated rings. The highest BCUT2D eigenvalue weighted by molar-refractivity contribution is 6.30. The van der Waals surface area contributed by atoms with Gasteiger partial charge in [-0.25, -0.2) is 4.39 Å². The van der Waals surface area contributed by atoms with Crippen LogP contribution in [0.25, 0.3) is 0 Å². The smallest absolute Gasteiger partial charge is 0.146 e. The van der Waals surface area contributed by atoms with Gasteiger partial charge in [0.2, 0.25) is 0 Å². The Labute approximate surface area is 101 Å². The van der Waals surface area contributed by atoms with Crippen LogP contribution in [0.2, 0.25) is 5.02 Å². The summed E-state index contributed by atoms with van der Waals surface area (Å²) >= 11 is 5.75. The van der Waals surface area contributed by atoms with Crippen LogP contribution < -0.4 is 5.32 Å². The molecule has 0 amide bonds. The Morgan fingerprint density at radius 2 is 2.25 bits per heavy atom. The molecule has 1 unspecified atom stereocenters. The third-order valence-electron chi connectivity index (χ3n) is 2.33. The van der Waals surface area contributed by atoms with Gasteiger partial charge in [0.15, 0.2) is 0 Å². The lowest BCUT2D eigenvalue weighted by molar-refractivity contribution is 0.165. The van der Waals surface area contributed by atoms with Crippen molar-refractivity contribution in [2.45, 2.75) is 19.4 Å². The number of ether oxygens (including phenoxy) is 1. The maximum absolute atomic E-state index is 13.8. The van der Waals surface area contributed by atoms with Crippen LogP contribution in [-0.2, 0) is 4.74 Å². The first kappa shape index (κ1) is 13.4. The summed E-state index contributed by atoms with van der Waals surface area (Å²) in [5.41, 5.74) is 0.558. The average Bonchev–Trinajstić information content (AvgIpc) is 2.28. The SMILES string of the molecule is CCCNC(COC)c1cccc(Cl)c1F. The molecule has 0 saturated heterocycles. The normalized spacial score (nSPS) is 12.8.